The fourth-order valence-corrected chi connectivity index (χ4v) is 1.17. The summed E-state index contributed by atoms with van der Waals surface area (Å²) in [5, 5.41) is 6.55. The van der Waals surface area contributed by atoms with Crippen LogP contribution in [0.5, 0.6) is 0 Å². The predicted octanol–water partition coefficient (Wildman–Crippen LogP) is 2.17. The van der Waals surface area contributed by atoms with Gasteiger partial charge in [0.2, 0.25) is 0 Å². The summed E-state index contributed by atoms with van der Waals surface area (Å²) in [5.74, 6) is 0.739. The lowest BCUT2D eigenvalue weighted by atomic mass is 10.3. The van der Waals surface area contributed by atoms with E-state index in [4.69, 9.17) is 11.6 Å². The van der Waals surface area contributed by atoms with Crippen LogP contribution in [0.4, 0.5) is 19.0 Å². The van der Waals surface area contributed by atoms with Crippen molar-refractivity contribution >= 4 is 17.4 Å². The second-order valence-corrected chi connectivity index (χ2v) is 3.26. The van der Waals surface area contributed by atoms with Gasteiger partial charge in [-0.15, -0.1) is 21.8 Å². The molecule has 0 saturated heterocycles. The van der Waals surface area contributed by atoms with Crippen molar-refractivity contribution in [3.05, 3.63) is 17.8 Å². The molecule has 3 nitrogen and oxygen atoms in total. The van der Waals surface area contributed by atoms with Crippen LogP contribution in [0.2, 0.25) is 0 Å². The molecule has 0 N–H and O–H groups in total. The van der Waals surface area contributed by atoms with E-state index in [1.807, 2.05) is 0 Å². The van der Waals surface area contributed by atoms with Gasteiger partial charge in [-0.1, -0.05) is 0 Å². The van der Waals surface area contributed by atoms with Gasteiger partial charge in [-0.2, -0.15) is 13.2 Å². The van der Waals surface area contributed by atoms with Crippen molar-refractivity contribution in [2.45, 2.75) is 6.18 Å². The van der Waals surface area contributed by atoms with Crippen LogP contribution in [-0.4, -0.2) is 29.7 Å². The third-order valence-electron chi connectivity index (χ3n) is 1.75. The van der Waals surface area contributed by atoms with Crippen LogP contribution in [0, 0.1) is 0 Å². The van der Waals surface area contributed by atoms with E-state index in [9.17, 15) is 13.2 Å². The van der Waals surface area contributed by atoms with Gasteiger partial charge in [-0.25, -0.2) is 0 Å². The number of nitrogens with zero attached hydrogens (tertiary/aromatic N) is 3. The molecule has 0 aliphatic heterocycles. The van der Waals surface area contributed by atoms with E-state index in [0.29, 0.717) is 18.2 Å². The van der Waals surface area contributed by atoms with E-state index in [1.165, 1.54) is 6.07 Å². The fraction of sp³-hybridized carbons (Fsp3) is 0.500. The fourth-order valence-electron chi connectivity index (χ4n) is 0.921. The zero-order chi connectivity index (χ0) is 11.5. The highest BCUT2D eigenvalue weighted by Gasteiger charge is 2.32. The summed E-state index contributed by atoms with van der Waals surface area (Å²) < 4.78 is 36.4. The molecule has 0 aliphatic carbocycles. The van der Waals surface area contributed by atoms with E-state index in [2.05, 4.69) is 10.2 Å². The van der Waals surface area contributed by atoms with E-state index < -0.39 is 11.9 Å². The molecular weight excluding hydrogens is 231 g/mol. The first kappa shape index (κ1) is 12.0. The number of hydrogen-bond donors (Lipinski definition) is 0. The molecule has 15 heavy (non-hydrogen) atoms. The molecule has 1 heterocycles. The normalized spacial score (nSPS) is 11.5. The Bertz CT molecular complexity index is 312. The number of hydrogen-bond acceptors (Lipinski definition) is 3. The second kappa shape index (κ2) is 4.65. The Kier molecular flexibility index (Phi) is 3.73. The Labute approximate surface area is 89.9 Å². The third-order valence-corrected chi connectivity index (χ3v) is 1.92. The Hall–Kier alpha value is -1.04. The predicted molar refractivity (Wildman–Crippen MR) is 51.0 cm³/mol. The number of halogens is 4. The lowest BCUT2D eigenvalue weighted by Gasteiger charge is -2.15. The summed E-state index contributed by atoms with van der Waals surface area (Å²) in [6, 6.07) is 2.16. The minimum atomic E-state index is -4.45. The first-order valence-corrected chi connectivity index (χ1v) is 4.66. The van der Waals surface area contributed by atoms with Gasteiger partial charge in [-0.05, 0) is 12.1 Å². The van der Waals surface area contributed by atoms with Gasteiger partial charge >= 0.3 is 6.18 Å². The molecule has 0 spiro atoms. The Morgan fingerprint density at radius 2 is 2.00 bits per heavy atom. The molecule has 0 aliphatic rings. The highest BCUT2D eigenvalue weighted by atomic mass is 35.5. The monoisotopic (exact) mass is 239 g/mol. The second-order valence-electron chi connectivity index (χ2n) is 2.89. The number of rotatable bonds is 3. The molecule has 1 aromatic rings. The molecule has 84 valence electrons. The molecule has 7 heteroatoms. The highest BCUT2D eigenvalue weighted by Crippen LogP contribution is 2.27. The van der Waals surface area contributed by atoms with Crippen LogP contribution in [0.1, 0.15) is 5.69 Å². The molecule has 0 aromatic carbocycles. The topological polar surface area (TPSA) is 29.0 Å². The van der Waals surface area contributed by atoms with Crippen molar-refractivity contribution in [1.29, 1.82) is 0 Å². The Morgan fingerprint density at radius 1 is 1.33 bits per heavy atom. The molecule has 0 fully saturated rings. The standard InChI is InChI=1S/C8H9ClF3N3/c1-15(5-4-9)7-3-2-6(13-14-7)8(10,11)12/h2-3H,4-5H2,1H3. The van der Waals surface area contributed by atoms with Crippen molar-refractivity contribution in [2.75, 3.05) is 24.4 Å². The summed E-state index contributed by atoms with van der Waals surface area (Å²) >= 11 is 5.48. The van der Waals surface area contributed by atoms with Crippen LogP contribution in [0.15, 0.2) is 12.1 Å². The maximum Gasteiger partial charge on any atom is 0.435 e. The molecule has 0 amide bonds. The zero-order valence-electron chi connectivity index (χ0n) is 7.92. The van der Waals surface area contributed by atoms with Crippen LogP contribution < -0.4 is 4.90 Å². The molecule has 0 unspecified atom stereocenters. The van der Waals surface area contributed by atoms with E-state index in [0.717, 1.165) is 6.07 Å². The minimum Gasteiger partial charge on any atom is -0.357 e. The highest BCUT2D eigenvalue weighted by molar-refractivity contribution is 6.18. The largest absolute Gasteiger partial charge is 0.435 e. The first-order chi connectivity index (χ1) is 6.95. The van der Waals surface area contributed by atoms with Crippen molar-refractivity contribution < 1.29 is 13.2 Å². The lowest BCUT2D eigenvalue weighted by molar-refractivity contribution is -0.141. The molecule has 1 rings (SSSR count). The third kappa shape index (κ3) is 3.23. The van der Waals surface area contributed by atoms with Crippen LogP contribution in [-0.2, 0) is 6.18 Å². The van der Waals surface area contributed by atoms with Gasteiger partial charge in [0, 0.05) is 19.5 Å². The number of anilines is 1. The molecule has 0 atom stereocenters. The van der Waals surface area contributed by atoms with Crippen molar-refractivity contribution in [3.8, 4) is 0 Å². The summed E-state index contributed by atoms with van der Waals surface area (Å²) in [4.78, 5) is 1.63. The van der Waals surface area contributed by atoms with Gasteiger partial charge in [0.15, 0.2) is 11.5 Å². The van der Waals surface area contributed by atoms with Crippen LogP contribution in [0.25, 0.3) is 0 Å². The van der Waals surface area contributed by atoms with E-state index >= 15 is 0 Å². The Balaban J connectivity index is 2.81. The Morgan fingerprint density at radius 3 is 2.40 bits per heavy atom. The minimum absolute atomic E-state index is 0.364. The van der Waals surface area contributed by atoms with Gasteiger partial charge < -0.3 is 4.90 Å². The maximum atomic E-state index is 12.1. The first-order valence-electron chi connectivity index (χ1n) is 4.13. The average molecular weight is 240 g/mol. The van der Waals surface area contributed by atoms with Gasteiger partial charge in [0.1, 0.15) is 0 Å². The van der Waals surface area contributed by atoms with Gasteiger partial charge in [-0.3, -0.25) is 0 Å². The molecule has 0 saturated carbocycles. The quantitative estimate of drug-likeness (QED) is 0.757. The van der Waals surface area contributed by atoms with Crippen LogP contribution >= 0.6 is 11.6 Å². The molecule has 0 bridgehead atoms. The maximum absolute atomic E-state index is 12.1. The zero-order valence-corrected chi connectivity index (χ0v) is 8.68. The molecular formula is C8H9ClF3N3. The van der Waals surface area contributed by atoms with Crippen molar-refractivity contribution in [2.24, 2.45) is 0 Å². The van der Waals surface area contributed by atoms with E-state index in [-0.39, 0.29) is 0 Å². The van der Waals surface area contributed by atoms with Crippen molar-refractivity contribution in [1.82, 2.24) is 10.2 Å². The lowest BCUT2D eigenvalue weighted by Crippen LogP contribution is -2.21. The van der Waals surface area contributed by atoms with E-state index in [1.54, 1.807) is 11.9 Å². The summed E-state index contributed by atoms with van der Waals surface area (Å²) in [5.41, 5.74) is -0.995. The molecule has 1 aromatic heterocycles. The smallest absolute Gasteiger partial charge is 0.357 e. The summed E-state index contributed by atoms with van der Waals surface area (Å²) in [6.07, 6.45) is -4.45. The average Bonchev–Trinajstić information content (AvgIpc) is 2.17. The van der Waals surface area contributed by atoms with Gasteiger partial charge in [0.25, 0.3) is 0 Å². The van der Waals surface area contributed by atoms with Crippen LogP contribution in [0.3, 0.4) is 0 Å². The summed E-state index contributed by atoms with van der Waals surface area (Å²) in [6.45, 7) is 0.502. The SMILES string of the molecule is CN(CCCl)c1ccc(C(F)(F)F)nn1. The van der Waals surface area contributed by atoms with Gasteiger partial charge in [0.05, 0.1) is 0 Å². The molecule has 0 radical (unpaired) electrons. The number of alkyl halides is 4. The summed E-state index contributed by atoms with van der Waals surface area (Å²) in [7, 11) is 1.68. The number of aromatic nitrogens is 2. The van der Waals surface area contributed by atoms with Crippen molar-refractivity contribution in [3.63, 3.8) is 0 Å².